The van der Waals surface area contributed by atoms with E-state index in [1.165, 1.54) is 0 Å². The summed E-state index contributed by atoms with van der Waals surface area (Å²) in [6.07, 6.45) is 4.94. The van der Waals surface area contributed by atoms with Crippen LogP contribution >= 0.6 is 0 Å². The number of hydrogen-bond donors (Lipinski definition) is 3. The van der Waals surface area contributed by atoms with Crippen LogP contribution in [0.5, 0.6) is 0 Å². The Bertz CT molecular complexity index is 279. The number of nitrogens with one attached hydrogen (secondary N) is 1. The van der Waals surface area contributed by atoms with Crippen LogP contribution < -0.4 is 5.32 Å². The summed E-state index contributed by atoms with van der Waals surface area (Å²) >= 11 is 0. The molecule has 0 amide bonds. The Balaban J connectivity index is 2.44. The third kappa shape index (κ3) is 4.58. The third-order valence-corrected chi connectivity index (χ3v) is 4.09. The number of aliphatic carboxylic acids is 1. The van der Waals surface area contributed by atoms with Crippen molar-refractivity contribution < 1.29 is 15.0 Å². The molecule has 1 aliphatic rings. The molecular formula is C14H27NO3. The van der Waals surface area contributed by atoms with Gasteiger partial charge in [-0.05, 0) is 37.5 Å². The number of rotatable bonds is 6. The quantitative estimate of drug-likeness (QED) is 0.682. The summed E-state index contributed by atoms with van der Waals surface area (Å²) in [6, 6.07) is -0.533. The summed E-state index contributed by atoms with van der Waals surface area (Å²) in [5, 5.41) is 22.5. The molecule has 1 atom stereocenters. The largest absolute Gasteiger partial charge is 0.480 e. The highest BCUT2D eigenvalue weighted by Crippen LogP contribution is 2.39. The Labute approximate surface area is 110 Å². The van der Waals surface area contributed by atoms with Crippen molar-refractivity contribution in [1.82, 2.24) is 5.32 Å². The molecule has 0 aromatic rings. The van der Waals surface area contributed by atoms with E-state index in [9.17, 15) is 9.90 Å². The van der Waals surface area contributed by atoms with Gasteiger partial charge in [0.1, 0.15) is 6.04 Å². The molecule has 1 rings (SSSR count). The predicted molar refractivity (Wildman–Crippen MR) is 71.5 cm³/mol. The van der Waals surface area contributed by atoms with Crippen molar-refractivity contribution in [3.8, 4) is 0 Å². The number of carbonyl (C=O) groups is 1. The molecule has 0 heterocycles. The lowest BCUT2D eigenvalue weighted by molar-refractivity contribution is -0.140. The monoisotopic (exact) mass is 257 g/mol. The predicted octanol–water partition coefficient (Wildman–Crippen LogP) is 2.16. The van der Waals surface area contributed by atoms with Gasteiger partial charge in [-0.3, -0.25) is 4.79 Å². The lowest BCUT2D eigenvalue weighted by Crippen LogP contribution is -2.49. The van der Waals surface area contributed by atoms with Gasteiger partial charge in [-0.25, -0.2) is 0 Å². The van der Waals surface area contributed by atoms with E-state index in [0.717, 1.165) is 32.1 Å². The molecule has 4 heteroatoms. The van der Waals surface area contributed by atoms with Crippen molar-refractivity contribution >= 4 is 5.97 Å². The zero-order valence-electron chi connectivity index (χ0n) is 11.8. The van der Waals surface area contributed by atoms with Crippen LogP contribution in [-0.4, -0.2) is 34.4 Å². The topological polar surface area (TPSA) is 69.6 Å². The molecule has 3 N–H and O–H groups in total. The molecule has 0 spiro atoms. The highest BCUT2D eigenvalue weighted by molar-refractivity contribution is 5.73. The van der Waals surface area contributed by atoms with Crippen LogP contribution in [0.25, 0.3) is 0 Å². The van der Waals surface area contributed by atoms with Crippen LogP contribution in [0.4, 0.5) is 0 Å². The fourth-order valence-electron chi connectivity index (χ4n) is 2.48. The van der Waals surface area contributed by atoms with Crippen LogP contribution in [0.2, 0.25) is 0 Å². The van der Waals surface area contributed by atoms with Crippen molar-refractivity contribution in [2.45, 2.75) is 70.9 Å². The van der Waals surface area contributed by atoms with Crippen molar-refractivity contribution in [2.75, 3.05) is 6.54 Å². The summed E-state index contributed by atoms with van der Waals surface area (Å²) < 4.78 is 0. The first-order valence-corrected chi connectivity index (χ1v) is 6.97. The third-order valence-electron chi connectivity index (χ3n) is 4.09. The summed E-state index contributed by atoms with van der Waals surface area (Å²) in [5.74, 6) is -0.823. The van der Waals surface area contributed by atoms with Gasteiger partial charge in [-0.2, -0.15) is 0 Å². The normalized spacial score (nSPS) is 23.6. The average Bonchev–Trinajstić information content (AvgIpc) is 2.29. The molecule has 0 radical (unpaired) electrons. The van der Waals surface area contributed by atoms with Gasteiger partial charge in [0.05, 0.1) is 5.60 Å². The Kier molecular flexibility index (Phi) is 5.17. The SMILES string of the molecule is CCCC(NCC1(O)CCC(C)(C)CC1)C(=O)O. The Morgan fingerprint density at radius 3 is 2.28 bits per heavy atom. The van der Waals surface area contributed by atoms with Crippen LogP contribution in [0.1, 0.15) is 59.3 Å². The first-order valence-electron chi connectivity index (χ1n) is 6.97. The number of carboxylic acid groups (broad SMARTS) is 1. The van der Waals surface area contributed by atoms with Gasteiger partial charge in [0, 0.05) is 6.54 Å². The van der Waals surface area contributed by atoms with E-state index in [1.54, 1.807) is 0 Å². The zero-order valence-corrected chi connectivity index (χ0v) is 11.8. The molecule has 0 bridgehead atoms. The van der Waals surface area contributed by atoms with Crippen molar-refractivity contribution in [3.05, 3.63) is 0 Å². The molecular weight excluding hydrogens is 230 g/mol. The Hall–Kier alpha value is -0.610. The van der Waals surface area contributed by atoms with Gasteiger partial charge < -0.3 is 15.5 Å². The lowest BCUT2D eigenvalue weighted by Gasteiger charge is -2.40. The number of aliphatic hydroxyl groups is 1. The van der Waals surface area contributed by atoms with Crippen LogP contribution in [0.3, 0.4) is 0 Å². The molecule has 18 heavy (non-hydrogen) atoms. The van der Waals surface area contributed by atoms with Gasteiger partial charge in [-0.1, -0.05) is 27.2 Å². The Morgan fingerprint density at radius 2 is 1.83 bits per heavy atom. The van der Waals surface area contributed by atoms with Crippen LogP contribution in [0, 0.1) is 5.41 Å². The highest BCUT2D eigenvalue weighted by atomic mass is 16.4. The van der Waals surface area contributed by atoms with Gasteiger partial charge in [-0.15, -0.1) is 0 Å². The minimum Gasteiger partial charge on any atom is -0.480 e. The molecule has 0 aliphatic heterocycles. The molecule has 1 fully saturated rings. The fourth-order valence-corrected chi connectivity index (χ4v) is 2.48. The van der Waals surface area contributed by atoms with Crippen molar-refractivity contribution in [3.63, 3.8) is 0 Å². The van der Waals surface area contributed by atoms with E-state index < -0.39 is 17.6 Å². The van der Waals surface area contributed by atoms with E-state index in [-0.39, 0.29) is 0 Å². The summed E-state index contributed by atoms with van der Waals surface area (Å²) in [6.45, 7) is 6.80. The molecule has 0 saturated heterocycles. The standard InChI is InChI=1S/C14H27NO3/c1-4-5-11(12(16)17)15-10-14(18)8-6-13(2,3)7-9-14/h11,15,18H,4-10H2,1-3H3,(H,16,17). The van der Waals surface area contributed by atoms with Crippen molar-refractivity contribution in [1.29, 1.82) is 0 Å². The van der Waals surface area contributed by atoms with Crippen LogP contribution in [-0.2, 0) is 4.79 Å². The molecule has 1 saturated carbocycles. The van der Waals surface area contributed by atoms with Crippen molar-refractivity contribution in [2.24, 2.45) is 5.41 Å². The average molecular weight is 257 g/mol. The van der Waals surface area contributed by atoms with E-state index in [0.29, 0.717) is 18.4 Å². The van der Waals surface area contributed by atoms with Crippen LogP contribution in [0.15, 0.2) is 0 Å². The highest BCUT2D eigenvalue weighted by Gasteiger charge is 2.37. The smallest absolute Gasteiger partial charge is 0.320 e. The molecule has 1 aliphatic carbocycles. The molecule has 0 aromatic heterocycles. The van der Waals surface area contributed by atoms with Gasteiger partial charge in [0.15, 0.2) is 0 Å². The second-order valence-corrected chi connectivity index (χ2v) is 6.45. The van der Waals surface area contributed by atoms with Gasteiger partial charge in [0.2, 0.25) is 0 Å². The van der Waals surface area contributed by atoms with E-state index >= 15 is 0 Å². The molecule has 4 nitrogen and oxygen atoms in total. The van der Waals surface area contributed by atoms with Gasteiger partial charge >= 0.3 is 5.97 Å². The maximum absolute atomic E-state index is 11.0. The van der Waals surface area contributed by atoms with E-state index in [2.05, 4.69) is 19.2 Å². The first-order chi connectivity index (χ1) is 8.28. The van der Waals surface area contributed by atoms with E-state index in [4.69, 9.17) is 5.11 Å². The second kappa shape index (κ2) is 6.02. The maximum Gasteiger partial charge on any atom is 0.320 e. The maximum atomic E-state index is 11.0. The summed E-state index contributed by atoms with van der Waals surface area (Å²) in [7, 11) is 0. The summed E-state index contributed by atoms with van der Waals surface area (Å²) in [4.78, 5) is 11.0. The molecule has 0 aromatic carbocycles. The Morgan fingerprint density at radius 1 is 1.28 bits per heavy atom. The number of hydrogen-bond acceptors (Lipinski definition) is 3. The zero-order chi connectivity index (χ0) is 13.8. The summed E-state index contributed by atoms with van der Waals surface area (Å²) in [5.41, 5.74) is -0.418. The minimum atomic E-state index is -0.823. The number of carboxylic acids is 1. The first kappa shape index (κ1) is 15.4. The van der Waals surface area contributed by atoms with Gasteiger partial charge in [0.25, 0.3) is 0 Å². The minimum absolute atomic E-state index is 0.307. The fraction of sp³-hybridized carbons (Fsp3) is 0.929. The van der Waals surface area contributed by atoms with E-state index in [1.807, 2.05) is 6.92 Å². The molecule has 106 valence electrons. The lowest BCUT2D eigenvalue weighted by atomic mass is 9.71. The second-order valence-electron chi connectivity index (χ2n) is 6.45. The molecule has 1 unspecified atom stereocenters.